The van der Waals surface area contributed by atoms with Crippen molar-refractivity contribution >= 4 is 5.91 Å². The third-order valence-corrected chi connectivity index (χ3v) is 1.15. The Hall–Kier alpha value is -0.610. The van der Waals surface area contributed by atoms with Crippen LogP contribution in [0.1, 0.15) is 13.3 Å². The van der Waals surface area contributed by atoms with Gasteiger partial charge in [0.1, 0.15) is 0 Å². The van der Waals surface area contributed by atoms with E-state index in [1.807, 2.05) is 5.43 Å². The molecular formula is C5H12N2O2. The van der Waals surface area contributed by atoms with Crippen LogP contribution in [0.3, 0.4) is 0 Å². The maximum absolute atomic E-state index is 10.6. The summed E-state index contributed by atoms with van der Waals surface area (Å²) >= 11 is 0. The van der Waals surface area contributed by atoms with Gasteiger partial charge in [0.25, 0.3) is 0 Å². The van der Waals surface area contributed by atoms with Crippen molar-refractivity contribution in [1.82, 2.24) is 5.43 Å². The Balaban J connectivity index is 3.45. The second kappa shape index (κ2) is 4.29. The summed E-state index contributed by atoms with van der Waals surface area (Å²) in [6, 6.07) is 0. The van der Waals surface area contributed by atoms with Gasteiger partial charge >= 0.3 is 0 Å². The van der Waals surface area contributed by atoms with Gasteiger partial charge in [0.2, 0.25) is 5.91 Å². The van der Waals surface area contributed by atoms with E-state index in [9.17, 15) is 4.79 Å². The van der Waals surface area contributed by atoms with Crippen LogP contribution < -0.4 is 11.3 Å². The third-order valence-electron chi connectivity index (χ3n) is 1.15. The monoisotopic (exact) mass is 132 g/mol. The molecule has 0 aromatic carbocycles. The van der Waals surface area contributed by atoms with Crippen molar-refractivity contribution in [3.63, 3.8) is 0 Å². The minimum atomic E-state index is -0.232. The summed E-state index contributed by atoms with van der Waals surface area (Å²) in [5.41, 5.74) is 2.00. The Bertz CT molecular complexity index is 95.0. The number of hydrogen-bond acceptors (Lipinski definition) is 3. The lowest BCUT2D eigenvalue weighted by Gasteiger charge is -2.05. The zero-order valence-electron chi connectivity index (χ0n) is 5.42. The lowest BCUT2D eigenvalue weighted by atomic mass is 10.1. The Kier molecular flexibility index (Phi) is 4.00. The van der Waals surface area contributed by atoms with Crippen LogP contribution in [0.25, 0.3) is 0 Å². The van der Waals surface area contributed by atoms with Gasteiger partial charge in [-0.05, 0) is 6.42 Å². The molecule has 0 aliphatic carbocycles. The van der Waals surface area contributed by atoms with Crippen molar-refractivity contribution in [3.05, 3.63) is 0 Å². The number of rotatable bonds is 3. The zero-order valence-corrected chi connectivity index (χ0v) is 5.42. The molecule has 0 aliphatic rings. The summed E-state index contributed by atoms with van der Waals surface area (Å²) < 4.78 is 0. The standard InChI is InChI=1S/C5H12N2O2/c1-4(2-3-8)5(9)7-6/h4,8H,2-3,6H2,1H3,(H,7,9). The van der Waals surface area contributed by atoms with Gasteiger partial charge in [-0.1, -0.05) is 6.92 Å². The van der Waals surface area contributed by atoms with Crippen molar-refractivity contribution in [1.29, 1.82) is 0 Å². The molecule has 0 fully saturated rings. The van der Waals surface area contributed by atoms with E-state index >= 15 is 0 Å². The van der Waals surface area contributed by atoms with E-state index < -0.39 is 0 Å². The van der Waals surface area contributed by atoms with E-state index in [1.54, 1.807) is 6.92 Å². The van der Waals surface area contributed by atoms with Gasteiger partial charge in [-0.2, -0.15) is 0 Å². The largest absolute Gasteiger partial charge is 0.396 e. The highest BCUT2D eigenvalue weighted by Crippen LogP contribution is 1.98. The van der Waals surface area contributed by atoms with Gasteiger partial charge in [0.05, 0.1) is 0 Å². The van der Waals surface area contributed by atoms with Crippen LogP contribution in [-0.2, 0) is 4.79 Å². The third kappa shape index (κ3) is 3.05. The number of nitrogens with two attached hydrogens (primary N) is 1. The maximum Gasteiger partial charge on any atom is 0.236 e. The highest BCUT2D eigenvalue weighted by Gasteiger charge is 2.08. The van der Waals surface area contributed by atoms with Crippen LogP contribution in [0.2, 0.25) is 0 Å². The summed E-state index contributed by atoms with van der Waals surface area (Å²) in [5.74, 6) is 4.40. The first-order valence-corrected chi connectivity index (χ1v) is 2.83. The Morgan fingerprint density at radius 2 is 2.44 bits per heavy atom. The lowest BCUT2D eigenvalue weighted by Crippen LogP contribution is -2.35. The number of carbonyl (C=O) groups excluding carboxylic acids is 1. The molecule has 9 heavy (non-hydrogen) atoms. The Morgan fingerprint density at radius 3 is 2.78 bits per heavy atom. The molecule has 54 valence electrons. The average molecular weight is 132 g/mol. The molecule has 0 aromatic rings. The van der Waals surface area contributed by atoms with Crippen LogP contribution in [0, 0.1) is 5.92 Å². The SMILES string of the molecule is CC(CCO)C(=O)NN. The van der Waals surface area contributed by atoms with E-state index in [4.69, 9.17) is 10.9 Å². The summed E-state index contributed by atoms with van der Waals surface area (Å²) in [7, 11) is 0. The molecule has 0 bridgehead atoms. The van der Waals surface area contributed by atoms with Crippen LogP contribution >= 0.6 is 0 Å². The number of carbonyl (C=O) groups is 1. The molecule has 4 N–H and O–H groups in total. The molecule has 0 rings (SSSR count). The molecule has 0 heterocycles. The molecule has 1 amide bonds. The fourth-order valence-electron chi connectivity index (χ4n) is 0.467. The molecule has 0 aromatic heterocycles. The molecule has 0 saturated carbocycles. The van der Waals surface area contributed by atoms with Gasteiger partial charge < -0.3 is 5.11 Å². The molecule has 0 aliphatic heterocycles. The van der Waals surface area contributed by atoms with Gasteiger partial charge in [0, 0.05) is 12.5 Å². The maximum atomic E-state index is 10.6. The van der Waals surface area contributed by atoms with E-state index in [2.05, 4.69) is 0 Å². The normalized spacial score (nSPS) is 12.8. The Labute approximate surface area is 54.0 Å². The van der Waals surface area contributed by atoms with E-state index in [0.29, 0.717) is 6.42 Å². The first kappa shape index (κ1) is 8.39. The number of aliphatic hydroxyl groups is 1. The minimum absolute atomic E-state index is 0.0224. The molecular weight excluding hydrogens is 120 g/mol. The first-order valence-electron chi connectivity index (χ1n) is 2.83. The predicted molar refractivity (Wildman–Crippen MR) is 33.2 cm³/mol. The average Bonchev–Trinajstić information content (AvgIpc) is 1.87. The fourth-order valence-corrected chi connectivity index (χ4v) is 0.467. The lowest BCUT2D eigenvalue weighted by molar-refractivity contribution is -0.125. The van der Waals surface area contributed by atoms with Crippen molar-refractivity contribution in [2.24, 2.45) is 11.8 Å². The summed E-state index contributed by atoms with van der Waals surface area (Å²) in [4.78, 5) is 10.6. The zero-order chi connectivity index (χ0) is 7.28. The molecule has 1 unspecified atom stereocenters. The number of hydrazine groups is 1. The minimum Gasteiger partial charge on any atom is -0.396 e. The van der Waals surface area contributed by atoms with Crippen molar-refractivity contribution < 1.29 is 9.90 Å². The molecule has 4 heteroatoms. The second-order valence-electron chi connectivity index (χ2n) is 1.92. The number of nitrogens with one attached hydrogen (secondary N) is 1. The summed E-state index contributed by atoms with van der Waals surface area (Å²) in [6.07, 6.45) is 0.461. The molecule has 4 nitrogen and oxygen atoms in total. The highest BCUT2D eigenvalue weighted by atomic mass is 16.3. The number of hydrogen-bond donors (Lipinski definition) is 3. The summed E-state index contributed by atoms with van der Waals surface area (Å²) in [6.45, 7) is 1.73. The van der Waals surface area contributed by atoms with Crippen LogP contribution in [-0.4, -0.2) is 17.6 Å². The smallest absolute Gasteiger partial charge is 0.236 e. The molecule has 1 atom stereocenters. The summed E-state index contributed by atoms with van der Waals surface area (Å²) in [5, 5.41) is 8.36. The predicted octanol–water partition coefficient (Wildman–Crippen LogP) is -1.01. The molecule has 0 saturated heterocycles. The van der Waals surface area contributed by atoms with Gasteiger partial charge in [-0.3, -0.25) is 10.2 Å². The highest BCUT2D eigenvalue weighted by molar-refractivity contribution is 5.77. The van der Waals surface area contributed by atoms with Gasteiger partial charge in [-0.25, -0.2) is 5.84 Å². The van der Waals surface area contributed by atoms with E-state index in [0.717, 1.165) is 0 Å². The van der Waals surface area contributed by atoms with Crippen molar-refractivity contribution in [2.75, 3.05) is 6.61 Å². The fraction of sp³-hybridized carbons (Fsp3) is 0.800. The quantitative estimate of drug-likeness (QED) is 0.262. The van der Waals surface area contributed by atoms with Gasteiger partial charge in [-0.15, -0.1) is 0 Å². The van der Waals surface area contributed by atoms with Crippen molar-refractivity contribution in [3.8, 4) is 0 Å². The molecule has 0 spiro atoms. The van der Waals surface area contributed by atoms with E-state index in [-0.39, 0.29) is 18.4 Å². The molecule has 0 radical (unpaired) electrons. The Morgan fingerprint density at radius 1 is 1.89 bits per heavy atom. The van der Waals surface area contributed by atoms with Gasteiger partial charge in [0.15, 0.2) is 0 Å². The van der Waals surface area contributed by atoms with Crippen LogP contribution in [0.4, 0.5) is 0 Å². The number of aliphatic hydroxyl groups excluding tert-OH is 1. The number of amides is 1. The second-order valence-corrected chi connectivity index (χ2v) is 1.92. The van der Waals surface area contributed by atoms with Crippen LogP contribution in [0.5, 0.6) is 0 Å². The topological polar surface area (TPSA) is 75.3 Å². The van der Waals surface area contributed by atoms with Crippen molar-refractivity contribution in [2.45, 2.75) is 13.3 Å². The van der Waals surface area contributed by atoms with E-state index in [1.165, 1.54) is 0 Å². The van der Waals surface area contributed by atoms with Crippen LogP contribution in [0.15, 0.2) is 0 Å². The first-order chi connectivity index (χ1) is 4.22.